The second-order valence-corrected chi connectivity index (χ2v) is 4.90. The second kappa shape index (κ2) is 7.31. The van der Waals surface area contributed by atoms with Gasteiger partial charge < -0.3 is 10.2 Å². The number of hydrogen-bond donors (Lipinski definition) is 1. The van der Waals surface area contributed by atoms with Crippen LogP contribution in [0.25, 0.3) is 0 Å². The Hall–Kier alpha value is -1.16. The summed E-state index contributed by atoms with van der Waals surface area (Å²) in [5.74, 6) is 1.05. The van der Waals surface area contributed by atoms with E-state index >= 15 is 0 Å². The van der Waals surface area contributed by atoms with Gasteiger partial charge in [-0.1, -0.05) is 26.2 Å². The van der Waals surface area contributed by atoms with Gasteiger partial charge in [-0.3, -0.25) is 4.98 Å². The lowest BCUT2D eigenvalue weighted by atomic mass is 10.1. The zero-order valence-electron chi connectivity index (χ0n) is 11.4. The molecule has 18 heavy (non-hydrogen) atoms. The molecule has 4 heteroatoms. The normalized spacial score (nSPS) is 17.3. The molecule has 0 aromatic carbocycles. The van der Waals surface area contributed by atoms with Crippen molar-refractivity contribution in [2.24, 2.45) is 0 Å². The third kappa shape index (κ3) is 3.95. The Labute approximate surface area is 110 Å². The maximum absolute atomic E-state index is 4.71. The zero-order chi connectivity index (χ0) is 12.6. The summed E-state index contributed by atoms with van der Waals surface area (Å²) in [6.07, 6.45) is 10.4. The summed E-state index contributed by atoms with van der Waals surface area (Å²) in [7, 11) is 0. The molecule has 2 heterocycles. The predicted octanol–water partition coefficient (Wildman–Crippen LogP) is 2.36. The third-order valence-electron chi connectivity index (χ3n) is 3.41. The van der Waals surface area contributed by atoms with Gasteiger partial charge in [0, 0.05) is 25.8 Å². The molecule has 1 aromatic heterocycles. The van der Waals surface area contributed by atoms with Crippen molar-refractivity contribution < 1.29 is 0 Å². The summed E-state index contributed by atoms with van der Waals surface area (Å²) in [5.41, 5.74) is 1.04. The fourth-order valence-electron chi connectivity index (χ4n) is 2.36. The van der Waals surface area contributed by atoms with Crippen LogP contribution < -0.4 is 10.2 Å². The van der Waals surface area contributed by atoms with Gasteiger partial charge in [0.2, 0.25) is 0 Å². The van der Waals surface area contributed by atoms with Crippen molar-refractivity contribution in [1.82, 2.24) is 15.3 Å². The van der Waals surface area contributed by atoms with E-state index in [0.29, 0.717) is 0 Å². The van der Waals surface area contributed by atoms with E-state index in [0.717, 1.165) is 37.7 Å². The molecule has 0 atom stereocenters. The Balaban J connectivity index is 2.01. The molecule has 0 radical (unpaired) electrons. The molecule has 2 rings (SSSR count). The molecular weight excluding hydrogens is 224 g/mol. The Bertz CT molecular complexity index is 345. The molecule has 100 valence electrons. The van der Waals surface area contributed by atoms with Crippen LogP contribution in [0.5, 0.6) is 0 Å². The fourth-order valence-corrected chi connectivity index (χ4v) is 2.36. The second-order valence-electron chi connectivity index (χ2n) is 4.90. The summed E-state index contributed by atoms with van der Waals surface area (Å²) in [5, 5.41) is 3.30. The van der Waals surface area contributed by atoms with E-state index in [4.69, 9.17) is 4.98 Å². The molecular formula is C14H24N4. The molecule has 1 aliphatic rings. The number of nitrogens with zero attached hydrogens (tertiary/aromatic N) is 3. The van der Waals surface area contributed by atoms with E-state index in [-0.39, 0.29) is 0 Å². The van der Waals surface area contributed by atoms with Gasteiger partial charge in [-0.15, -0.1) is 0 Å². The van der Waals surface area contributed by atoms with Crippen LogP contribution >= 0.6 is 0 Å². The van der Waals surface area contributed by atoms with Gasteiger partial charge in [0.1, 0.15) is 5.82 Å². The van der Waals surface area contributed by atoms with Crippen LogP contribution in [0.15, 0.2) is 12.4 Å². The molecule has 4 nitrogen and oxygen atoms in total. The SMILES string of the molecule is CCNCc1cncc(N2CCCCCCC2)n1. The minimum atomic E-state index is 0.811. The summed E-state index contributed by atoms with van der Waals surface area (Å²) >= 11 is 0. The lowest BCUT2D eigenvalue weighted by Crippen LogP contribution is -2.28. The number of hydrogen-bond acceptors (Lipinski definition) is 4. The first kappa shape index (κ1) is 13.3. The minimum Gasteiger partial charge on any atom is -0.355 e. The molecule has 1 aromatic rings. The molecule has 0 bridgehead atoms. The highest BCUT2D eigenvalue weighted by Gasteiger charge is 2.10. The van der Waals surface area contributed by atoms with Crippen LogP contribution in [0.1, 0.15) is 44.7 Å². The quantitative estimate of drug-likeness (QED) is 0.888. The van der Waals surface area contributed by atoms with Crippen molar-refractivity contribution in [3.63, 3.8) is 0 Å². The van der Waals surface area contributed by atoms with Gasteiger partial charge in [0.05, 0.1) is 11.9 Å². The van der Waals surface area contributed by atoms with Crippen LogP contribution in [-0.2, 0) is 6.54 Å². The van der Waals surface area contributed by atoms with Gasteiger partial charge in [0.25, 0.3) is 0 Å². The van der Waals surface area contributed by atoms with Crippen molar-refractivity contribution in [3.05, 3.63) is 18.1 Å². The summed E-state index contributed by atoms with van der Waals surface area (Å²) in [6, 6.07) is 0. The first-order chi connectivity index (χ1) is 8.90. The molecule has 1 aliphatic heterocycles. The molecule has 0 unspecified atom stereocenters. The molecule has 1 saturated heterocycles. The van der Waals surface area contributed by atoms with Crippen LogP contribution in [-0.4, -0.2) is 29.6 Å². The van der Waals surface area contributed by atoms with E-state index < -0.39 is 0 Å². The molecule has 0 aliphatic carbocycles. The van der Waals surface area contributed by atoms with Gasteiger partial charge in [-0.05, 0) is 19.4 Å². The summed E-state index contributed by atoms with van der Waals surface area (Å²) in [4.78, 5) is 11.4. The average Bonchev–Trinajstić information content (AvgIpc) is 2.36. The van der Waals surface area contributed by atoms with E-state index in [1.54, 1.807) is 0 Å². The predicted molar refractivity (Wildman–Crippen MR) is 74.7 cm³/mol. The largest absolute Gasteiger partial charge is 0.355 e. The van der Waals surface area contributed by atoms with Crippen LogP contribution in [0, 0.1) is 0 Å². The monoisotopic (exact) mass is 248 g/mol. The van der Waals surface area contributed by atoms with E-state index in [9.17, 15) is 0 Å². The highest BCUT2D eigenvalue weighted by molar-refractivity contribution is 5.36. The first-order valence-corrected chi connectivity index (χ1v) is 7.16. The van der Waals surface area contributed by atoms with Gasteiger partial charge in [-0.25, -0.2) is 4.98 Å². The first-order valence-electron chi connectivity index (χ1n) is 7.16. The number of rotatable bonds is 4. The van der Waals surface area contributed by atoms with Crippen molar-refractivity contribution in [2.75, 3.05) is 24.5 Å². The maximum Gasteiger partial charge on any atom is 0.147 e. The van der Waals surface area contributed by atoms with Gasteiger partial charge in [-0.2, -0.15) is 0 Å². The Kier molecular flexibility index (Phi) is 5.39. The van der Waals surface area contributed by atoms with Crippen molar-refractivity contribution in [2.45, 2.75) is 45.6 Å². The summed E-state index contributed by atoms with van der Waals surface area (Å²) < 4.78 is 0. The third-order valence-corrected chi connectivity index (χ3v) is 3.41. The minimum absolute atomic E-state index is 0.811. The van der Waals surface area contributed by atoms with E-state index in [1.807, 2.05) is 12.4 Å². The topological polar surface area (TPSA) is 41.1 Å². The lowest BCUT2D eigenvalue weighted by Gasteiger charge is -2.25. The van der Waals surface area contributed by atoms with E-state index in [1.165, 1.54) is 32.1 Å². The Morgan fingerprint density at radius 2 is 1.83 bits per heavy atom. The van der Waals surface area contributed by atoms with Crippen LogP contribution in [0.2, 0.25) is 0 Å². The highest BCUT2D eigenvalue weighted by atomic mass is 15.2. The average molecular weight is 248 g/mol. The fraction of sp³-hybridized carbons (Fsp3) is 0.714. The van der Waals surface area contributed by atoms with Gasteiger partial charge >= 0.3 is 0 Å². The number of anilines is 1. The van der Waals surface area contributed by atoms with Crippen LogP contribution in [0.4, 0.5) is 5.82 Å². The zero-order valence-corrected chi connectivity index (χ0v) is 11.4. The molecule has 0 amide bonds. The molecule has 1 fully saturated rings. The standard InChI is InChI=1S/C14H24N4/c1-2-15-10-13-11-16-12-14(17-13)18-8-6-4-3-5-7-9-18/h11-12,15H,2-10H2,1H3. The molecule has 0 spiro atoms. The Morgan fingerprint density at radius 1 is 1.11 bits per heavy atom. The van der Waals surface area contributed by atoms with Crippen molar-refractivity contribution >= 4 is 5.82 Å². The molecule has 0 saturated carbocycles. The smallest absolute Gasteiger partial charge is 0.147 e. The van der Waals surface area contributed by atoms with Crippen molar-refractivity contribution in [1.29, 1.82) is 0 Å². The van der Waals surface area contributed by atoms with Crippen molar-refractivity contribution in [3.8, 4) is 0 Å². The van der Waals surface area contributed by atoms with Crippen LogP contribution in [0.3, 0.4) is 0 Å². The number of nitrogens with one attached hydrogen (secondary N) is 1. The number of aromatic nitrogens is 2. The lowest BCUT2D eigenvalue weighted by molar-refractivity contribution is 0.552. The maximum atomic E-state index is 4.71. The summed E-state index contributed by atoms with van der Waals surface area (Å²) in [6.45, 7) is 6.13. The highest BCUT2D eigenvalue weighted by Crippen LogP contribution is 2.16. The molecule has 1 N–H and O–H groups in total. The Morgan fingerprint density at radius 3 is 2.56 bits per heavy atom. The van der Waals surface area contributed by atoms with Gasteiger partial charge in [0.15, 0.2) is 0 Å². The van der Waals surface area contributed by atoms with E-state index in [2.05, 4.69) is 22.1 Å².